The minimum Gasteiger partial charge on any atom is -0.465 e. The van der Waals surface area contributed by atoms with E-state index in [1.807, 2.05) is 13.8 Å². The molecule has 1 aliphatic rings. The van der Waals surface area contributed by atoms with Gasteiger partial charge in [-0.3, -0.25) is 9.69 Å². The molecule has 2 heterocycles. The van der Waals surface area contributed by atoms with Crippen LogP contribution in [-0.2, 0) is 16.1 Å². The molecule has 6 nitrogen and oxygen atoms in total. The van der Waals surface area contributed by atoms with Crippen LogP contribution >= 0.6 is 11.5 Å². The summed E-state index contributed by atoms with van der Waals surface area (Å²) in [6, 6.07) is -0.129. The molecule has 0 aromatic carbocycles. The molecule has 19 heavy (non-hydrogen) atoms. The van der Waals surface area contributed by atoms with Gasteiger partial charge in [-0.1, -0.05) is 4.49 Å². The minimum atomic E-state index is -0.129. The van der Waals surface area contributed by atoms with Crippen molar-refractivity contribution in [1.29, 1.82) is 0 Å². The number of carbonyl (C=O) groups is 1. The number of aromatic nitrogens is 2. The normalized spacial score (nSPS) is 19.6. The summed E-state index contributed by atoms with van der Waals surface area (Å²) in [5, 5.41) is 8.40. The molecule has 0 bridgehead atoms. The van der Waals surface area contributed by atoms with Gasteiger partial charge in [-0.2, -0.15) is 0 Å². The molecule has 1 aromatic rings. The number of likely N-dealkylation sites (tertiary alicyclic amines) is 1. The van der Waals surface area contributed by atoms with Gasteiger partial charge in [-0.15, -0.1) is 5.10 Å². The number of anilines is 1. The monoisotopic (exact) mass is 284 g/mol. The maximum Gasteiger partial charge on any atom is 0.323 e. The van der Waals surface area contributed by atoms with E-state index in [9.17, 15) is 4.79 Å². The van der Waals surface area contributed by atoms with Crippen molar-refractivity contribution in [2.75, 3.05) is 25.0 Å². The van der Waals surface area contributed by atoms with Crippen LogP contribution in [0.2, 0.25) is 0 Å². The summed E-state index contributed by atoms with van der Waals surface area (Å²) in [5.41, 5.74) is 0.919. The van der Waals surface area contributed by atoms with Crippen LogP contribution in [0.4, 0.5) is 5.00 Å². The van der Waals surface area contributed by atoms with Gasteiger partial charge in [0, 0.05) is 24.6 Å². The number of rotatable bonds is 6. The molecule has 1 saturated heterocycles. The molecule has 0 radical (unpaired) electrons. The summed E-state index contributed by atoms with van der Waals surface area (Å²) >= 11 is 1.36. The van der Waals surface area contributed by atoms with Crippen LogP contribution in [0.25, 0.3) is 0 Å². The minimum absolute atomic E-state index is 0.117. The lowest BCUT2D eigenvalue weighted by Crippen LogP contribution is -2.37. The predicted molar refractivity (Wildman–Crippen MR) is 74.1 cm³/mol. The first-order valence-electron chi connectivity index (χ1n) is 6.72. The standard InChI is InChI=1S/C12H20N4O2S/c1-3-13-11-9(14-15-19-11)8-16-7-5-6-10(16)12(17)18-4-2/h10,13H,3-8H2,1-2H3. The first-order valence-corrected chi connectivity index (χ1v) is 7.49. The van der Waals surface area contributed by atoms with Gasteiger partial charge in [0.25, 0.3) is 0 Å². The van der Waals surface area contributed by atoms with Gasteiger partial charge < -0.3 is 10.1 Å². The predicted octanol–water partition coefficient (Wildman–Crippen LogP) is 1.50. The van der Waals surface area contributed by atoms with Crippen LogP contribution < -0.4 is 5.32 Å². The molecule has 0 spiro atoms. The highest BCUT2D eigenvalue weighted by Crippen LogP contribution is 2.25. The molecule has 1 atom stereocenters. The number of carbonyl (C=O) groups excluding carboxylic acids is 1. The Balaban J connectivity index is 2.00. The smallest absolute Gasteiger partial charge is 0.323 e. The van der Waals surface area contributed by atoms with E-state index in [0.717, 1.165) is 36.6 Å². The quantitative estimate of drug-likeness (QED) is 0.798. The molecule has 0 saturated carbocycles. The highest BCUT2D eigenvalue weighted by Gasteiger charge is 2.32. The summed E-state index contributed by atoms with van der Waals surface area (Å²) in [6.45, 7) is 6.72. The van der Waals surface area contributed by atoms with Crippen molar-refractivity contribution >= 4 is 22.5 Å². The highest BCUT2D eigenvalue weighted by atomic mass is 32.1. The average Bonchev–Trinajstić information content (AvgIpc) is 3.01. The molecule has 1 unspecified atom stereocenters. The lowest BCUT2D eigenvalue weighted by molar-refractivity contribution is -0.148. The van der Waals surface area contributed by atoms with Crippen molar-refractivity contribution in [1.82, 2.24) is 14.5 Å². The number of ether oxygens (including phenoxy) is 1. The van der Waals surface area contributed by atoms with Crippen molar-refractivity contribution in [2.45, 2.75) is 39.3 Å². The third kappa shape index (κ3) is 3.42. The van der Waals surface area contributed by atoms with Crippen LogP contribution in [0.15, 0.2) is 0 Å². The second-order valence-electron chi connectivity index (χ2n) is 4.46. The Hall–Kier alpha value is -1.21. The Bertz CT molecular complexity index is 424. The Morgan fingerprint density at radius 1 is 1.58 bits per heavy atom. The van der Waals surface area contributed by atoms with Crippen molar-refractivity contribution in [3.05, 3.63) is 5.69 Å². The Morgan fingerprint density at radius 3 is 3.16 bits per heavy atom. The molecule has 106 valence electrons. The van der Waals surface area contributed by atoms with Gasteiger partial charge in [0.2, 0.25) is 0 Å². The molecule has 1 aliphatic heterocycles. The average molecular weight is 284 g/mol. The first kappa shape index (κ1) is 14.2. The van der Waals surface area contributed by atoms with Crippen molar-refractivity contribution < 1.29 is 9.53 Å². The van der Waals surface area contributed by atoms with Gasteiger partial charge in [-0.05, 0) is 33.2 Å². The Morgan fingerprint density at radius 2 is 2.42 bits per heavy atom. The van der Waals surface area contributed by atoms with E-state index >= 15 is 0 Å². The number of hydrogen-bond donors (Lipinski definition) is 1. The Labute approximate surface area is 117 Å². The topological polar surface area (TPSA) is 67.4 Å². The fraction of sp³-hybridized carbons (Fsp3) is 0.750. The fourth-order valence-corrected chi connectivity index (χ4v) is 2.96. The van der Waals surface area contributed by atoms with Crippen LogP contribution in [-0.4, -0.2) is 46.2 Å². The van der Waals surface area contributed by atoms with Gasteiger partial charge >= 0.3 is 5.97 Å². The van der Waals surface area contributed by atoms with Crippen LogP contribution in [0.5, 0.6) is 0 Å². The number of nitrogens with one attached hydrogen (secondary N) is 1. The third-order valence-electron chi connectivity index (χ3n) is 3.17. The third-order valence-corrected chi connectivity index (χ3v) is 3.89. The van der Waals surface area contributed by atoms with E-state index in [2.05, 4.69) is 19.8 Å². The second-order valence-corrected chi connectivity index (χ2v) is 5.21. The summed E-state index contributed by atoms with van der Waals surface area (Å²) < 4.78 is 9.10. The van der Waals surface area contributed by atoms with E-state index in [4.69, 9.17) is 4.74 Å². The molecule has 1 fully saturated rings. The van der Waals surface area contributed by atoms with Crippen LogP contribution in [0.3, 0.4) is 0 Å². The van der Waals surface area contributed by atoms with Crippen molar-refractivity contribution in [3.63, 3.8) is 0 Å². The zero-order chi connectivity index (χ0) is 13.7. The lowest BCUT2D eigenvalue weighted by Gasteiger charge is -2.22. The first-order chi connectivity index (χ1) is 9.26. The van der Waals surface area contributed by atoms with Crippen LogP contribution in [0.1, 0.15) is 32.4 Å². The van der Waals surface area contributed by atoms with E-state index < -0.39 is 0 Å². The summed E-state index contributed by atoms with van der Waals surface area (Å²) in [5.74, 6) is -0.117. The summed E-state index contributed by atoms with van der Waals surface area (Å²) in [6.07, 6.45) is 1.89. The molecule has 2 rings (SSSR count). The molecule has 7 heteroatoms. The molecule has 1 aromatic heterocycles. The van der Waals surface area contributed by atoms with E-state index in [1.54, 1.807) is 0 Å². The lowest BCUT2D eigenvalue weighted by atomic mass is 10.2. The molecule has 0 aliphatic carbocycles. The van der Waals surface area contributed by atoms with Crippen LogP contribution in [0, 0.1) is 0 Å². The molecule has 1 N–H and O–H groups in total. The second kappa shape index (κ2) is 6.81. The maximum absolute atomic E-state index is 11.9. The summed E-state index contributed by atoms with van der Waals surface area (Å²) in [4.78, 5) is 14.0. The van der Waals surface area contributed by atoms with E-state index in [1.165, 1.54) is 11.5 Å². The summed E-state index contributed by atoms with van der Waals surface area (Å²) in [7, 11) is 0. The number of esters is 1. The van der Waals surface area contributed by atoms with Gasteiger partial charge in [0.15, 0.2) is 0 Å². The molecular weight excluding hydrogens is 264 g/mol. The zero-order valence-corrected chi connectivity index (χ0v) is 12.2. The van der Waals surface area contributed by atoms with Crippen molar-refractivity contribution in [2.24, 2.45) is 0 Å². The largest absolute Gasteiger partial charge is 0.465 e. The number of nitrogens with zero attached hydrogens (tertiary/aromatic N) is 3. The zero-order valence-electron chi connectivity index (χ0n) is 11.4. The van der Waals surface area contributed by atoms with E-state index in [-0.39, 0.29) is 12.0 Å². The highest BCUT2D eigenvalue weighted by molar-refractivity contribution is 7.10. The SMILES string of the molecule is CCNc1snnc1CN1CCCC1C(=O)OCC. The maximum atomic E-state index is 11.9. The van der Waals surface area contributed by atoms with Gasteiger partial charge in [0.1, 0.15) is 16.7 Å². The van der Waals surface area contributed by atoms with E-state index in [0.29, 0.717) is 13.2 Å². The van der Waals surface area contributed by atoms with Crippen molar-refractivity contribution in [3.8, 4) is 0 Å². The van der Waals surface area contributed by atoms with Gasteiger partial charge in [0.05, 0.1) is 6.61 Å². The fourth-order valence-electron chi connectivity index (χ4n) is 2.32. The number of hydrogen-bond acceptors (Lipinski definition) is 7. The molecular formula is C12H20N4O2S. The Kier molecular flexibility index (Phi) is 5.09. The van der Waals surface area contributed by atoms with Gasteiger partial charge in [-0.25, -0.2) is 0 Å². The molecule has 0 amide bonds.